The van der Waals surface area contributed by atoms with Crippen molar-refractivity contribution in [1.82, 2.24) is 0 Å². The SMILES string of the molecule is C=C(CCC(C)C1CCC2C3=C(C(=O)C(O)C21C)C1(C)CCC(O)C(C)C1CC3=O)C(C)C(=O)OC. The van der Waals surface area contributed by atoms with Crippen molar-refractivity contribution >= 4 is 17.5 Å². The van der Waals surface area contributed by atoms with Gasteiger partial charge in [0.15, 0.2) is 11.6 Å². The lowest BCUT2D eigenvalue weighted by atomic mass is 9.47. The molecule has 0 spiro atoms. The van der Waals surface area contributed by atoms with E-state index in [9.17, 15) is 24.6 Å². The Morgan fingerprint density at radius 2 is 1.83 bits per heavy atom. The molecule has 36 heavy (non-hydrogen) atoms. The summed E-state index contributed by atoms with van der Waals surface area (Å²) < 4.78 is 4.85. The number of allylic oxidation sites excluding steroid dienone is 1. The lowest BCUT2D eigenvalue weighted by molar-refractivity contribution is -0.145. The van der Waals surface area contributed by atoms with E-state index in [4.69, 9.17) is 4.74 Å². The Kier molecular flexibility index (Phi) is 7.19. The zero-order valence-corrected chi connectivity index (χ0v) is 22.8. The third-order valence-electron chi connectivity index (χ3n) is 11.1. The maximum absolute atomic E-state index is 13.9. The molecule has 6 heteroatoms. The van der Waals surface area contributed by atoms with Gasteiger partial charge in [0.1, 0.15) is 6.10 Å². The number of hydrogen-bond acceptors (Lipinski definition) is 6. The molecule has 0 aromatic rings. The van der Waals surface area contributed by atoms with Crippen LogP contribution in [0.25, 0.3) is 0 Å². The number of methoxy groups -OCH3 is 1. The Morgan fingerprint density at radius 3 is 2.47 bits per heavy atom. The van der Waals surface area contributed by atoms with E-state index in [1.807, 2.05) is 13.8 Å². The fourth-order valence-corrected chi connectivity index (χ4v) is 8.57. The van der Waals surface area contributed by atoms with Crippen LogP contribution in [-0.4, -0.2) is 47.1 Å². The average Bonchev–Trinajstić information content (AvgIpc) is 3.21. The highest BCUT2D eigenvalue weighted by Gasteiger charge is 2.65. The minimum Gasteiger partial charge on any atom is -0.469 e. The first-order valence-corrected chi connectivity index (χ1v) is 13.7. The summed E-state index contributed by atoms with van der Waals surface area (Å²) in [6.07, 6.45) is 3.16. The molecule has 2 N–H and O–H groups in total. The maximum Gasteiger partial charge on any atom is 0.312 e. The summed E-state index contributed by atoms with van der Waals surface area (Å²) in [6, 6.07) is 0. The molecule has 6 nitrogen and oxygen atoms in total. The number of carbonyl (C=O) groups is 3. The van der Waals surface area contributed by atoms with Crippen molar-refractivity contribution in [3.8, 4) is 0 Å². The van der Waals surface area contributed by atoms with Crippen molar-refractivity contribution in [3.05, 3.63) is 23.3 Å². The van der Waals surface area contributed by atoms with Gasteiger partial charge in [0, 0.05) is 28.4 Å². The van der Waals surface area contributed by atoms with Gasteiger partial charge < -0.3 is 14.9 Å². The third kappa shape index (κ3) is 3.86. The molecule has 4 aliphatic carbocycles. The van der Waals surface area contributed by atoms with Gasteiger partial charge in [-0.25, -0.2) is 0 Å². The Balaban J connectivity index is 1.63. The molecule has 0 radical (unpaired) electrons. The number of esters is 1. The van der Waals surface area contributed by atoms with E-state index < -0.39 is 23.0 Å². The van der Waals surface area contributed by atoms with Crippen molar-refractivity contribution < 1.29 is 29.3 Å². The van der Waals surface area contributed by atoms with E-state index in [0.717, 1.165) is 24.8 Å². The normalized spacial score (nSPS) is 41.8. The first-order chi connectivity index (χ1) is 16.8. The van der Waals surface area contributed by atoms with Crippen LogP contribution in [0, 0.1) is 46.3 Å². The van der Waals surface area contributed by atoms with Crippen LogP contribution in [-0.2, 0) is 19.1 Å². The van der Waals surface area contributed by atoms with Gasteiger partial charge in [0.05, 0.1) is 19.1 Å². The molecule has 2 saturated carbocycles. The lowest BCUT2D eigenvalue weighted by Gasteiger charge is -2.56. The van der Waals surface area contributed by atoms with Crippen LogP contribution in [0.2, 0.25) is 0 Å². The predicted octanol–water partition coefficient (Wildman–Crippen LogP) is 4.43. The minimum atomic E-state index is -1.14. The van der Waals surface area contributed by atoms with Crippen LogP contribution in [0.4, 0.5) is 0 Å². The number of fused-ring (bicyclic) bond motifs is 4. The molecule has 4 aliphatic rings. The Morgan fingerprint density at radius 1 is 1.17 bits per heavy atom. The summed E-state index contributed by atoms with van der Waals surface area (Å²) in [6.45, 7) is 14.1. The molecule has 0 saturated heterocycles. The summed E-state index contributed by atoms with van der Waals surface area (Å²) in [5, 5.41) is 22.1. The highest BCUT2D eigenvalue weighted by Crippen LogP contribution is 2.65. The van der Waals surface area contributed by atoms with Crippen LogP contribution in [0.15, 0.2) is 23.3 Å². The van der Waals surface area contributed by atoms with E-state index in [1.54, 1.807) is 6.92 Å². The fraction of sp³-hybridized carbons (Fsp3) is 0.767. The van der Waals surface area contributed by atoms with Gasteiger partial charge in [-0.2, -0.15) is 0 Å². The van der Waals surface area contributed by atoms with Crippen molar-refractivity contribution in [2.45, 2.75) is 91.8 Å². The van der Waals surface area contributed by atoms with Gasteiger partial charge in [-0.15, -0.1) is 0 Å². The molecule has 10 unspecified atom stereocenters. The standard InChI is InChI=1S/C30H44O6/c1-15(17(3)28(35)36-7)8-9-16(2)19-10-11-20-24-23(32)14-21-18(4)22(31)12-13-29(21,5)25(24)26(33)27(34)30(19,20)6/h16-22,27,31,34H,1,8-14H2,2-7H3. The molecule has 0 aromatic carbocycles. The van der Waals surface area contributed by atoms with Crippen molar-refractivity contribution in [2.75, 3.05) is 7.11 Å². The van der Waals surface area contributed by atoms with Gasteiger partial charge >= 0.3 is 5.97 Å². The number of hydrogen-bond donors (Lipinski definition) is 2. The Bertz CT molecular complexity index is 995. The molecular weight excluding hydrogens is 456 g/mol. The average molecular weight is 501 g/mol. The van der Waals surface area contributed by atoms with E-state index in [2.05, 4.69) is 20.4 Å². The first-order valence-electron chi connectivity index (χ1n) is 13.7. The van der Waals surface area contributed by atoms with E-state index in [1.165, 1.54) is 7.11 Å². The molecule has 0 amide bonds. The van der Waals surface area contributed by atoms with Crippen LogP contribution >= 0.6 is 0 Å². The molecular formula is C30H44O6. The highest BCUT2D eigenvalue weighted by molar-refractivity contribution is 6.12. The minimum absolute atomic E-state index is 0.0403. The molecule has 0 aromatic heterocycles. The number of rotatable bonds is 6. The second-order valence-electron chi connectivity index (χ2n) is 12.7. The summed E-state index contributed by atoms with van der Waals surface area (Å²) in [5.74, 6) is -0.871. The van der Waals surface area contributed by atoms with Gasteiger partial charge in [-0.3, -0.25) is 14.4 Å². The predicted molar refractivity (Wildman–Crippen MR) is 137 cm³/mol. The number of ether oxygens (including phenoxy) is 1. The maximum atomic E-state index is 13.9. The first kappa shape index (κ1) is 27.3. The van der Waals surface area contributed by atoms with Crippen molar-refractivity contribution in [1.29, 1.82) is 0 Å². The third-order valence-corrected chi connectivity index (χ3v) is 11.1. The molecule has 200 valence electrons. The van der Waals surface area contributed by atoms with Gasteiger partial charge in [0.25, 0.3) is 0 Å². The molecule has 10 atom stereocenters. The summed E-state index contributed by atoms with van der Waals surface area (Å²) >= 11 is 0. The molecule has 0 bridgehead atoms. The smallest absolute Gasteiger partial charge is 0.312 e. The van der Waals surface area contributed by atoms with Gasteiger partial charge in [-0.1, -0.05) is 39.8 Å². The zero-order chi connectivity index (χ0) is 26.7. The summed E-state index contributed by atoms with van der Waals surface area (Å²) in [4.78, 5) is 39.5. The lowest BCUT2D eigenvalue weighted by Crippen LogP contribution is -2.58. The topological polar surface area (TPSA) is 101 Å². The fourth-order valence-electron chi connectivity index (χ4n) is 8.57. The highest BCUT2D eigenvalue weighted by atomic mass is 16.5. The van der Waals surface area contributed by atoms with Crippen LogP contribution in [0.3, 0.4) is 0 Å². The Hall–Kier alpha value is -1.79. The van der Waals surface area contributed by atoms with Gasteiger partial charge in [-0.05, 0) is 75.0 Å². The summed E-state index contributed by atoms with van der Waals surface area (Å²) in [5.41, 5.74) is 0.920. The van der Waals surface area contributed by atoms with Crippen LogP contribution in [0.1, 0.15) is 79.6 Å². The molecule has 4 rings (SSSR count). The second-order valence-corrected chi connectivity index (χ2v) is 12.7. The number of Topliss-reactive ketones (excluding diaryl/α,β-unsaturated/α-hetero) is 2. The molecule has 0 heterocycles. The summed E-state index contributed by atoms with van der Waals surface area (Å²) in [7, 11) is 1.38. The number of aliphatic hydroxyl groups excluding tert-OH is 2. The van der Waals surface area contributed by atoms with Crippen molar-refractivity contribution in [3.63, 3.8) is 0 Å². The van der Waals surface area contributed by atoms with Crippen molar-refractivity contribution in [2.24, 2.45) is 46.3 Å². The molecule has 0 aliphatic heterocycles. The zero-order valence-electron chi connectivity index (χ0n) is 22.8. The van der Waals surface area contributed by atoms with Crippen LogP contribution < -0.4 is 0 Å². The van der Waals surface area contributed by atoms with E-state index >= 15 is 0 Å². The monoisotopic (exact) mass is 500 g/mol. The van der Waals surface area contributed by atoms with E-state index in [0.29, 0.717) is 36.8 Å². The molecule has 2 fully saturated rings. The second kappa shape index (κ2) is 9.50. The van der Waals surface area contributed by atoms with Crippen LogP contribution in [0.5, 0.6) is 0 Å². The van der Waals surface area contributed by atoms with E-state index in [-0.39, 0.29) is 53.0 Å². The largest absolute Gasteiger partial charge is 0.469 e. The van der Waals surface area contributed by atoms with Gasteiger partial charge in [0.2, 0.25) is 0 Å². The Labute approximate surface area is 215 Å². The quantitative estimate of drug-likeness (QED) is 0.413. The number of carbonyl (C=O) groups excluding carboxylic acids is 3. The number of ketones is 2. The number of aliphatic hydroxyl groups is 2.